The lowest BCUT2D eigenvalue weighted by Gasteiger charge is -2.18. The monoisotopic (exact) mass is 252 g/mol. The van der Waals surface area contributed by atoms with E-state index in [9.17, 15) is 9.59 Å². The van der Waals surface area contributed by atoms with Crippen molar-refractivity contribution in [2.75, 3.05) is 13.1 Å². The molecule has 1 amide bonds. The van der Waals surface area contributed by atoms with Crippen LogP contribution in [0, 0.1) is 0 Å². The molecule has 98 valence electrons. The maximum absolute atomic E-state index is 12.1. The van der Waals surface area contributed by atoms with E-state index in [1.165, 1.54) is 4.90 Å². The third kappa shape index (κ3) is 2.88. The predicted molar refractivity (Wildman–Crippen MR) is 62.3 cm³/mol. The zero-order chi connectivity index (χ0) is 13.1. The molecule has 0 saturated heterocycles. The molecule has 1 saturated carbocycles. The number of aromatic nitrogens is 1. The minimum Gasteiger partial charge on any atom is -0.481 e. The number of carboxylic acid groups (broad SMARTS) is 1. The van der Waals surface area contributed by atoms with Crippen molar-refractivity contribution >= 4 is 11.9 Å². The van der Waals surface area contributed by atoms with Crippen molar-refractivity contribution in [3.05, 3.63) is 17.5 Å². The number of carboxylic acids is 1. The highest BCUT2D eigenvalue weighted by molar-refractivity contribution is 5.92. The first-order chi connectivity index (χ1) is 8.61. The number of aliphatic carboxylic acids is 1. The molecule has 1 heterocycles. The molecule has 0 unspecified atom stereocenters. The summed E-state index contributed by atoms with van der Waals surface area (Å²) in [7, 11) is 0. The first-order valence-corrected chi connectivity index (χ1v) is 6.09. The second kappa shape index (κ2) is 5.20. The molecule has 0 radical (unpaired) electrons. The fraction of sp³-hybridized carbons (Fsp3) is 0.583. The quantitative estimate of drug-likeness (QED) is 0.829. The Morgan fingerprint density at radius 3 is 2.83 bits per heavy atom. The van der Waals surface area contributed by atoms with Gasteiger partial charge in [-0.25, -0.2) is 0 Å². The number of carbonyl (C=O) groups excluding carboxylic acids is 1. The van der Waals surface area contributed by atoms with E-state index < -0.39 is 5.97 Å². The Morgan fingerprint density at radius 2 is 2.28 bits per heavy atom. The summed E-state index contributed by atoms with van der Waals surface area (Å²) in [6, 6.07) is 1.67. The number of hydrogen-bond donors (Lipinski definition) is 1. The van der Waals surface area contributed by atoms with Gasteiger partial charge in [0, 0.05) is 25.1 Å². The van der Waals surface area contributed by atoms with Gasteiger partial charge in [-0.3, -0.25) is 9.59 Å². The SMILES string of the molecule is CCN(CCC(=O)O)C(=O)c1cc(C2CC2)on1. The van der Waals surface area contributed by atoms with Gasteiger partial charge in [-0.2, -0.15) is 0 Å². The minimum absolute atomic E-state index is 0.0626. The summed E-state index contributed by atoms with van der Waals surface area (Å²) >= 11 is 0. The van der Waals surface area contributed by atoms with Crippen LogP contribution < -0.4 is 0 Å². The summed E-state index contributed by atoms with van der Waals surface area (Å²) in [4.78, 5) is 24.0. The largest absolute Gasteiger partial charge is 0.481 e. The molecule has 0 atom stereocenters. The second-order valence-corrected chi connectivity index (χ2v) is 4.42. The van der Waals surface area contributed by atoms with Crippen LogP contribution in [0.4, 0.5) is 0 Å². The van der Waals surface area contributed by atoms with Crippen LogP contribution in [-0.2, 0) is 4.79 Å². The van der Waals surface area contributed by atoms with Gasteiger partial charge in [0.25, 0.3) is 5.91 Å². The average molecular weight is 252 g/mol. The molecular formula is C12H16N2O4. The van der Waals surface area contributed by atoms with Gasteiger partial charge in [0.05, 0.1) is 6.42 Å². The predicted octanol–water partition coefficient (Wildman–Crippen LogP) is 1.49. The highest BCUT2D eigenvalue weighted by Crippen LogP contribution is 2.40. The Balaban J connectivity index is 2.00. The summed E-state index contributed by atoms with van der Waals surface area (Å²) in [5, 5.41) is 12.4. The lowest BCUT2D eigenvalue weighted by Crippen LogP contribution is -2.33. The van der Waals surface area contributed by atoms with E-state index in [4.69, 9.17) is 9.63 Å². The number of carbonyl (C=O) groups is 2. The Bertz CT molecular complexity index is 451. The average Bonchev–Trinajstić information content (AvgIpc) is 3.07. The van der Waals surface area contributed by atoms with Crippen LogP contribution in [0.5, 0.6) is 0 Å². The van der Waals surface area contributed by atoms with Crippen LogP contribution in [0.1, 0.15) is 48.4 Å². The number of amides is 1. The molecule has 2 rings (SSSR count). The summed E-state index contributed by atoms with van der Waals surface area (Å²) < 4.78 is 5.12. The van der Waals surface area contributed by atoms with Crippen LogP contribution in [0.2, 0.25) is 0 Å². The van der Waals surface area contributed by atoms with Gasteiger partial charge in [0.15, 0.2) is 5.69 Å². The molecule has 0 aliphatic heterocycles. The highest BCUT2D eigenvalue weighted by Gasteiger charge is 2.29. The number of rotatable bonds is 6. The van der Waals surface area contributed by atoms with Gasteiger partial charge in [-0.1, -0.05) is 5.16 Å². The maximum atomic E-state index is 12.1. The smallest absolute Gasteiger partial charge is 0.305 e. The highest BCUT2D eigenvalue weighted by atomic mass is 16.5. The van der Waals surface area contributed by atoms with Crippen molar-refractivity contribution in [1.29, 1.82) is 0 Å². The fourth-order valence-electron chi connectivity index (χ4n) is 1.75. The summed E-state index contributed by atoms with van der Waals surface area (Å²) in [6.07, 6.45) is 2.10. The third-order valence-electron chi connectivity index (χ3n) is 2.99. The van der Waals surface area contributed by atoms with Crippen LogP contribution in [0.15, 0.2) is 10.6 Å². The van der Waals surface area contributed by atoms with Crippen LogP contribution in [-0.4, -0.2) is 40.1 Å². The molecular weight excluding hydrogens is 236 g/mol. The van der Waals surface area contributed by atoms with Gasteiger partial charge in [-0.05, 0) is 19.8 Å². The maximum Gasteiger partial charge on any atom is 0.305 e. The minimum atomic E-state index is -0.917. The fourth-order valence-corrected chi connectivity index (χ4v) is 1.75. The van der Waals surface area contributed by atoms with Crippen LogP contribution in [0.25, 0.3) is 0 Å². The number of nitrogens with zero attached hydrogens (tertiary/aromatic N) is 2. The van der Waals surface area contributed by atoms with E-state index in [-0.39, 0.29) is 24.6 Å². The lowest BCUT2D eigenvalue weighted by atomic mass is 10.2. The molecule has 1 N–H and O–H groups in total. The van der Waals surface area contributed by atoms with Crippen molar-refractivity contribution in [1.82, 2.24) is 10.1 Å². The van der Waals surface area contributed by atoms with Gasteiger partial charge in [0.1, 0.15) is 5.76 Å². The van der Waals surface area contributed by atoms with Gasteiger partial charge in [0.2, 0.25) is 0 Å². The van der Waals surface area contributed by atoms with Crippen molar-refractivity contribution in [2.24, 2.45) is 0 Å². The van der Waals surface area contributed by atoms with Crippen LogP contribution >= 0.6 is 0 Å². The Hall–Kier alpha value is -1.85. The summed E-state index contributed by atoms with van der Waals surface area (Å²) in [5.41, 5.74) is 0.268. The summed E-state index contributed by atoms with van der Waals surface area (Å²) in [5.74, 6) is -0.0183. The van der Waals surface area contributed by atoms with E-state index in [1.807, 2.05) is 6.92 Å². The lowest BCUT2D eigenvalue weighted by molar-refractivity contribution is -0.137. The van der Waals surface area contributed by atoms with Gasteiger partial charge in [-0.15, -0.1) is 0 Å². The molecule has 1 aliphatic carbocycles. The van der Waals surface area contributed by atoms with Crippen molar-refractivity contribution in [3.8, 4) is 0 Å². The van der Waals surface area contributed by atoms with E-state index in [2.05, 4.69) is 5.16 Å². The Morgan fingerprint density at radius 1 is 1.56 bits per heavy atom. The standard InChI is InChI=1S/C12H16N2O4/c1-2-14(6-5-11(15)16)12(17)9-7-10(18-13-9)8-3-4-8/h7-8H,2-6H2,1H3,(H,15,16). The van der Waals surface area contributed by atoms with Crippen molar-refractivity contribution < 1.29 is 19.2 Å². The molecule has 0 spiro atoms. The molecule has 6 heteroatoms. The zero-order valence-corrected chi connectivity index (χ0v) is 10.3. The molecule has 0 aromatic carbocycles. The first-order valence-electron chi connectivity index (χ1n) is 6.09. The molecule has 18 heavy (non-hydrogen) atoms. The molecule has 1 aromatic rings. The molecule has 6 nitrogen and oxygen atoms in total. The van der Waals surface area contributed by atoms with Crippen molar-refractivity contribution in [2.45, 2.75) is 32.1 Å². The first kappa shape index (κ1) is 12.6. The second-order valence-electron chi connectivity index (χ2n) is 4.42. The zero-order valence-electron chi connectivity index (χ0n) is 10.3. The van der Waals surface area contributed by atoms with Crippen molar-refractivity contribution in [3.63, 3.8) is 0 Å². The summed E-state index contributed by atoms with van der Waals surface area (Å²) in [6.45, 7) is 2.45. The van der Waals surface area contributed by atoms with E-state index >= 15 is 0 Å². The molecule has 1 fully saturated rings. The molecule has 0 bridgehead atoms. The van der Waals surface area contributed by atoms with Gasteiger partial charge < -0.3 is 14.5 Å². The molecule has 1 aromatic heterocycles. The number of hydrogen-bond acceptors (Lipinski definition) is 4. The van der Waals surface area contributed by atoms with E-state index in [0.29, 0.717) is 12.5 Å². The molecule has 1 aliphatic rings. The third-order valence-corrected chi connectivity index (χ3v) is 2.99. The van der Waals surface area contributed by atoms with Gasteiger partial charge >= 0.3 is 5.97 Å². The van der Waals surface area contributed by atoms with E-state index in [1.54, 1.807) is 6.07 Å². The normalized spacial score (nSPS) is 14.5. The van der Waals surface area contributed by atoms with E-state index in [0.717, 1.165) is 18.6 Å². The topological polar surface area (TPSA) is 83.6 Å². The Kier molecular flexibility index (Phi) is 3.64. The Labute approximate surface area is 105 Å². The van der Waals surface area contributed by atoms with Crippen LogP contribution in [0.3, 0.4) is 0 Å².